The van der Waals surface area contributed by atoms with E-state index in [-0.39, 0.29) is 11.7 Å². The van der Waals surface area contributed by atoms with Gasteiger partial charge in [-0.1, -0.05) is 6.42 Å². The molecule has 0 saturated heterocycles. The van der Waals surface area contributed by atoms with Gasteiger partial charge in [0.1, 0.15) is 5.60 Å². The van der Waals surface area contributed by atoms with Crippen molar-refractivity contribution in [2.45, 2.75) is 51.7 Å². The van der Waals surface area contributed by atoms with Gasteiger partial charge in [0.05, 0.1) is 11.8 Å². The molecule has 0 spiro atoms. The van der Waals surface area contributed by atoms with Crippen LogP contribution in [0.2, 0.25) is 0 Å². The molecule has 5 nitrogen and oxygen atoms in total. The molecule has 0 aromatic rings. The van der Waals surface area contributed by atoms with Crippen molar-refractivity contribution in [2.75, 3.05) is 5.75 Å². The van der Waals surface area contributed by atoms with Crippen LogP contribution < -0.4 is 5.32 Å². The average Bonchev–Trinajstić information content (AvgIpc) is 1.90. The van der Waals surface area contributed by atoms with Crippen molar-refractivity contribution in [3.05, 3.63) is 0 Å². The predicted octanol–water partition coefficient (Wildman–Crippen LogP) is 2.25. The van der Waals surface area contributed by atoms with Crippen LogP contribution in [0.5, 0.6) is 0 Å². The molecule has 0 bridgehead atoms. The lowest BCUT2D eigenvalue weighted by Crippen LogP contribution is -2.48. The minimum Gasteiger partial charge on any atom is -0.444 e. The van der Waals surface area contributed by atoms with E-state index in [0.29, 0.717) is 0 Å². The van der Waals surface area contributed by atoms with Gasteiger partial charge in [0.25, 0.3) is 0 Å². The molecule has 7 heteroatoms. The fourth-order valence-electron chi connectivity index (χ4n) is 1.81. The Morgan fingerprint density at radius 2 is 2.00 bits per heavy atom. The lowest BCUT2D eigenvalue weighted by Gasteiger charge is -2.34. The molecule has 1 atom stereocenters. The average molecular weight is 298 g/mol. The van der Waals surface area contributed by atoms with Crippen LogP contribution in [0.3, 0.4) is 0 Å². The quantitative estimate of drug-likeness (QED) is 0.808. The number of carbonyl (C=O) groups is 1. The maximum Gasteiger partial charge on any atom is 0.407 e. The second kappa shape index (κ2) is 5.65. The maximum atomic E-state index is 11.6. The van der Waals surface area contributed by atoms with Crippen LogP contribution in [0.15, 0.2) is 0 Å². The second-order valence-electron chi connectivity index (χ2n) is 5.65. The number of halogens is 1. The van der Waals surface area contributed by atoms with Crippen LogP contribution in [0.25, 0.3) is 0 Å². The van der Waals surface area contributed by atoms with Crippen LogP contribution in [-0.2, 0) is 13.8 Å². The van der Waals surface area contributed by atoms with E-state index >= 15 is 0 Å². The standard InChI is InChI=1S/C11H20ClNO4S/c1-11(2,3)17-10(14)13-9(7-18(12,15)16)8-5-4-6-8/h8-9H,4-7H2,1-3H3,(H,13,14). The van der Waals surface area contributed by atoms with Gasteiger partial charge in [-0.3, -0.25) is 0 Å². The molecule has 0 aromatic carbocycles. The molecule has 1 rings (SSSR count). The summed E-state index contributed by atoms with van der Waals surface area (Å²) in [6, 6.07) is -0.462. The number of ether oxygens (including phenoxy) is 1. The summed E-state index contributed by atoms with van der Waals surface area (Å²) in [5, 5.41) is 2.61. The van der Waals surface area contributed by atoms with Gasteiger partial charge in [-0.25, -0.2) is 13.2 Å². The molecule has 18 heavy (non-hydrogen) atoms. The van der Waals surface area contributed by atoms with Crippen molar-refractivity contribution in [3.63, 3.8) is 0 Å². The summed E-state index contributed by atoms with van der Waals surface area (Å²) >= 11 is 0. The lowest BCUT2D eigenvalue weighted by molar-refractivity contribution is 0.0476. The molecule has 1 amide bonds. The first-order valence-corrected chi connectivity index (χ1v) is 8.46. The largest absolute Gasteiger partial charge is 0.444 e. The van der Waals surface area contributed by atoms with E-state index in [9.17, 15) is 13.2 Å². The van der Waals surface area contributed by atoms with Gasteiger partial charge in [0, 0.05) is 10.7 Å². The van der Waals surface area contributed by atoms with Crippen molar-refractivity contribution in [1.82, 2.24) is 5.32 Å². The summed E-state index contributed by atoms with van der Waals surface area (Å²) in [7, 11) is 1.62. The number of nitrogens with one attached hydrogen (secondary N) is 1. The third-order valence-corrected chi connectivity index (χ3v) is 3.93. The SMILES string of the molecule is CC(C)(C)OC(=O)NC(CS(=O)(=O)Cl)C1CCC1. The number of hydrogen-bond donors (Lipinski definition) is 1. The fourth-order valence-corrected chi connectivity index (χ4v) is 3.00. The van der Waals surface area contributed by atoms with Crippen molar-refractivity contribution < 1.29 is 17.9 Å². The van der Waals surface area contributed by atoms with Crippen molar-refractivity contribution >= 4 is 25.8 Å². The van der Waals surface area contributed by atoms with Crippen LogP contribution in [-0.4, -0.2) is 31.9 Å². The summed E-state index contributed by atoms with van der Waals surface area (Å²) < 4.78 is 27.4. The van der Waals surface area contributed by atoms with Crippen LogP contribution in [0, 0.1) is 5.92 Å². The molecule has 0 aromatic heterocycles. The number of rotatable bonds is 4. The van der Waals surface area contributed by atoms with E-state index < -0.39 is 26.8 Å². The fraction of sp³-hybridized carbons (Fsp3) is 0.909. The zero-order valence-corrected chi connectivity index (χ0v) is 12.5. The lowest BCUT2D eigenvalue weighted by atomic mass is 9.80. The molecule has 1 fully saturated rings. The number of carbonyl (C=O) groups excluding carboxylic acids is 1. The van der Waals surface area contributed by atoms with Gasteiger partial charge in [0.15, 0.2) is 0 Å². The Morgan fingerprint density at radius 1 is 1.44 bits per heavy atom. The smallest absolute Gasteiger partial charge is 0.407 e. The van der Waals surface area contributed by atoms with E-state index in [1.165, 1.54) is 0 Å². The summed E-state index contributed by atoms with van der Waals surface area (Å²) in [6.07, 6.45) is 2.28. The summed E-state index contributed by atoms with van der Waals surface area (Å²) in [5.41, 5.74) is -0.603. The Bertz CT molecular complexity index is 398. The Balaban J connectivity index is 2.58. The van der Waals surface area contributed by atoms with Gasteiger partial charge in [-0.2, -0.15) is 0 Å². The maximum absolute atomic E-state index is 11.6. The molecule has 1 unspecified atom stereocenters. The van der Waals surface area contributed by atoms with Crippen molar-refractivity contribution in [1.29, 1.82) is 0 Å². The third kappa shape index (κ3) is 5.91. The summed E-state index contributed by atoms with van der Waals surface area (Å²) in [4.78, 5) is 11.6. The van der Waals surface area contributed by atoms with Gasteiger partial charge in [0.2, 0.25) is 9.05 Å². The number of hydrogen-bond acceptors (Lipinski definition) is 4. The highest BCUT2D eigenvalue weighted by Crippen LogP contribution is 2.30. The van der Waals surface area contributed by atoms with E-state index in [2.05, 4.69) is 5.32 Å². The normalized spacial score (nSPS) is 18.9. The Morgan fingerprint density at radius 3 is 2.33 bits per heavy atom. The van der Waals surface area contributed by atoms with Gasteiger partial charge in [-0.05, 0) is 39.5 Å². The van der Waals surface area contributed by atoms with Gasteiger partial charge >= 0.3 is 6.09 Å². The van der Waals surface area contributed by atoms with Gasteiger partial charge < -0.3 is 10.1 Å². The van der Waals surface area contributed by atoms with E-state index in [1.807, 2.05) is 0 Å². The molecule has 1 N–H and O–H groups in total. The van der Waals surface area contributed by atoms with E-state index in [0.717, 1.165) is 19.3 Å². The van der Waals surface area contributed by atoms with Crippen molar-refractivity contribution in [2.24, 2.45) is 5.92 Å². The van der Waals surface area contributed by atoms with Crippen molar-refractivity contribution in [3.8, 4) is 0 Å². The topological polar surface area (TPSA) is 72.5 Å². The molecule has 1 aliphatic rings. The number of amides is 1. The molecule has 0 heterocycles. The summed E-state index contributed by atoms with van der Waals surface area (Å²) in [5.74, 6) is -0.0793. The van der Waals surface area contributed by atoms with Gasteiger partial charge in [-0.15, -0.1) is 0 Å². The van der Waals surface area contributed by atoms with Crippen LogP contribution in [0.4, 0.5) is 4.79 Å². The zero-order chi connectivity index (χ0) is 14.0. The molecule has 1 aliphatic carbocycles. The molecule has 0 aliphatic heterocycles. The number of alkyl carbamates (subject to hydrolysis) is 1. The molecule has 0 radical (unpaired) electrons. The Labute approximate surface area is 113 Å². The van der Waals surface area contributed by atoms with Crippen LogP contribution in [0.1, 0.15) is 40.0 Å². The van der Waals surface area contributed by atoms with E-state index in [1.54, 1.807) is 20.8 Å². The Hall–Kier alpha value is -0.490. The molecular weight excluding hydrogens is 278 g/mol. The van der Waals surface area contributed by atoms with E-state index in [4.69, 9.17) is 15.4 Å². The Kier molecular flexibility index (Phi) is 4.89. The van der Waals surface area contributed by atoms with Crippen LogP contribution >= 0.6 is 10.7 Å². The second-order valence-corrected chi connectivity index (χ2v) is 8.47. The zero-order valence-electron chi connectivity index (χ0n) is 10.9. The first-order valence-electron chi connectivity index (χ1n) is 5.99. The third-order valence-electron chi connectivity index (χ3n) is 2.80. The predicted molar refractivity (Wildman–Crippen MR) is 70.1 cm³/mol. The highest BCUT2D eigenvalue weighted by Gasteiger charge is 2.32. The summed E-state index contributed by atoms with van der Waals surface area (Å²) in [6.45, 7) is 5.26. The highest BCUT2D eigenvalue weighted by molar-refractivity contribution is 8.13. The molecule has 1 saturated carbocycles. The first kappa shape index (κ1) is 15.6. The monoisotopic (exact) mass is 297 g/mol. The molecular formula is C11H20ClNO4S. The minimum absolute atomic E-state index is 0.172. The molecule has 106 valence electrons. The minimum atomic E-state index is -3.63. The highest BCUT2D eigenvalue weighted by atomic mass is 35.7. The first-order chi connectivity index (χ1) is 8.07.